The lowest BCUT2D eigenvalue weighted by Gasteiger charge is -2.21. The summed E-state index contributed by atoms with van der Waals surface area (Å²) < 4.78 is 12.4. The summed E-state index contributed by atoms with van der Waals surface area (Å²) in [7, 11) is 3.46. The van der Waals surface area contributed by atoms with Gasteiger partial charge in [0.25, 0.3) is 11.8 Å². The molecule has 0 aliphatic rings. The fraction of sp³-hybridized carbons (Fsp3) is 0.125. The van der Waals surface area contributed by atoms with Crippen LogP contribution >= 0.6 is 0 Å². The van der Waals surface area contributed by atoms with Crippen LogP contribution in [0.15, 0.2) is 83.7 Å². The summed E-state index contributed by atoms with van der Waals surface area (Å²) in [4.78, 5) is 29.6. The molecule has 2 aromatic heterocycles. The summed E-state index contributed by atoms with van der Waals surface area (Å²) in [6.07, 6.45) is 4.93. The van der Waals surface area contributed by atoms with Crippen LogP contribution in [0.5, 0.6) is 5.75 Å². The zero-order chi connectivity index (χ0) is 22.5. The van der Waals surface area contributed by atoms with Gasteiger partial charge in [-0.15, -0.1) is 0 Å². The zero-order valence-electron chi connectivity index (χ0n) is 17.6. The predicted octanol–water partition coefficient (Wildman–Crippen LogP) is 3.79. The number of furan rings is 1. The van der Waals surface area contributed by atoms with Gasteiger partial charge in [0.05, 0.1) is 13.4 Å². The second kappa shape index (κ2) is 9.22. The van der Waals surface area contributed by atoms with Crippen LogP contribution in [0.3, 0.4) is 0 Å². The van der Waals surface area contributed by atoms with E-state index in [0.717, 1.165) is 5.56 Å². The lowest BCUT2D eigenvalue weighted by Crippen LogP contribution is -2.31. The highest BCUT2D eigenvalue weighted by molar-refractivity contribution is 6.02. The molecule has 2 amide bonds. The first-order chi connectivity index (χ1) is 15.6. The number of rotatable bonds is 7. The Morgan fingerprint density at radius 3 is 2.47 bits per heavy atom. The van der Waals surface area contributed by atoms with E-state index in [1.807, 2.05) is 42.1 Å². The van der Waals surface area contributed by atoms with Crippen LogP contribution in [-0.2, 0) is 7.05 Å². The molecule has 162 valence electrons. The molecule has 0 aliphatic carbocycles. The van der Waals surface area contributed by atoms with Crippen molar-refractivity contribution < 1.29 is 18.7 Å². The van der Waals surface area contributed by atoms with E-state index in [1.54, 1.807) is 49.7 Å². The summed E-state index contributed by atoms with van der Waals surface area (Å²) in [5, 5.41) is 5.77. The monoisotopic (exact) mass is 430 g/mol. The molecule has 0 aliphatic heterocycles. The van der Waals surface area contributed by atoms with Crippen molar-refractivity contribution in [1.29, 1.82) is 0 Å². The number of carbonyl (C=O) groups excluding carboxylic acids is 2. The van der Waals surface area contributed by atoms with Crippen molar-refractivity contribution in [2.24, 2.45) is 7.05 Å². The smallest absolute Gasteiger partial charge is 0.291 e. The maximum Gasteiger partial charge on any atom is 0.291 e. The number of para-hydroxylation sites is 1. The molecule has 4 aromatic rings. The van der Waals surface area contributed by atoms with Crippen molar-refractivity contribution in [2.45, 2.75) is 6.04 Å². The molecule has 0 saturated carbocycles. The molecule has 0 saturated heterocycles. The Kier molecular flexibility index (Phi) is 6.03. The molecule has 8 nitrogen and oxygen atoms in total. The van der Waals surface area contributed by atoms with Crippen molar-refractivity contribution in [1.82, 2.24) is 14.9 Å². The van der Waals surface area contributed by atoms with Crippen molar-refractivity contribution >= 4 is 17.5 Å². The SMILES string of the molecule is COc1ccccc1C(NC(=O)c1ccc(NC(=O)c2ccco2)cc1)c1nccn1C. The van der Waals surface area contributed by atoms with Crippen molar-refractivity contribution in [3.05, 3.63) is 102 Å². The fourth-order valence-electron chi connectivity index (χ4n) is 3.36. The molecule has 2 aromatic carbocycles. The van der Waals surface area contributed by atoms with Gasteiger partial charge < -0.3 is 24.4 Å². The third-order valence-electron chi connectivity index (χ3n) is 4.99. The molecule has 8 heteroatoms. The van der Waals surface area contributed by atoms with E-state index in [2.05, 4.69) is 15.6 Å². The van der Waals surface area contributed by atoms with Crippen LogP contribution < -0.4 is 15.4 Å². The summed E-state index contributed by atoms with van der Waals surface area (Å²) in [5.41, 5.74) is 1.78. The Bertz CT molecular complexity index is 1210. The average molecular weight is 430 g/mol. The Morgan fingerprint density at radius 1 is 1.03 bits per heavy atom. The molecule has 1 atom stereocenters. The van der Waals surface area contributed by atoms with E-state index in [-0.39, 0.29) is 17.6 Å². The summed E-state index contributed by atoms with van der Waals surface area (Å²) in [6, 6.07) is 16.8. The van der Waals surface area contributed by atoms with Crippen LogP contribution in [0.25, 0.3) is 0 Å². The minimum atomic E-state index is -0.517. The van der Waals surface area contributed by atoms with E-state index in [1.165, 1.54) is 6.26 Å². The molecule has 0 fully saturated rings. The summed E-state index contributed by atoms with van der Waals surface area (Å²) in [5.74, 6) is 0.884. The van der Waals surface area contributed by atoms with E-state index in [4.69, 9.17) is 9.15 Å². The lowest BCUT2D eigenvalue weighted by molar-refractivity contribution is 0.0940. The Balaban J connectivity index is 1.55. The molecule has 1 unspecified atom stereocenters. The quantitative estimate of drug-likeness (QED) is 0.465. The molecular formula is C24H22N4O4. The molecule has 0 radical (unpaired) electrons. The minimum absolute atomic E-state index is 0.210. The first-order valence-electron chi connectivity index (χ1n) is 9.92. The third-order valence-corrected chi connectivity index (χ3v) is 4.99. The largest absolute Gasteiger partial charge is 0.496 e. The van der Waals surface area contributed by atoms with Crippen LogP contribution in [0.2, 0.25) is 0 Å². The molecule has 0 bridgehead atoms. The number of ether oxygens (including phenoxy) is 1. The zero-order valence-corrected chi connectivity index (χ0v) is 17.6. The average Bonchev–Trinajstić information content (AvgIpc) is 3.50. The van der Waals surface area contributed by atoms with Crippen LogP contribution in [0.1, 0.15) is 38.3 Å². The number of aryl methyl sites for hydroxylation is 1. The number of aromatic nitrogens is 2. The molecule has 0 spiro atoms. The number of nitrogens with zero attached hydrogens (tertiary/aromatic N) is 2. The number of methoxy groups -OCH3 is 1. The van der Waals surface area contributed by atoms with Gasteiger partial charge in [-0.25, -0.2) is 4.98 Å². The number of hydrogen-bond donors (Lipinski definition) is 2. The van der Waals surface area contributed by atoms with Gasteiger partial charge in [0.15, 0.2) is 5.76 Å². The minimum Gasteiger partial charge on any atom is -0.496 e. The summed E-state index contributed by atoms with van der Waals surface area (Å²) in [6.45, 7) is 0. The number of imidazole rings is 1. The lowest BCUT2D eigenvalue weighted by atomic mass is 10.0. The molecule has 4 rings (SSSR count). The first kappa shape index (κ1) is 20.9. The maximum absolute atomic E-state index is 13.1. The van der Waals surface area contributed by atoms with E-state index < -0.39 is 6.04 Å². The van der Waals surface area contributed by atoms with E-state index >= 15 is 0 Å². The fourth-order valence-corrected chi connectivity index (χ4v) is 3.36. The standard InChI is InChI=1S/C24H22N4O4/c1-28-14-13-25-22(28)21(18-6-3-4-7-19(18)31-2)27-23(29)16-9-11-17(12-10-16)26-24(30)20-8-5-15-32-20/h3-15,21H,1-2H3,(H,26,30)(H,27,29). The summed E-state index contributed by atoms with van der Waals surface area (Å²) >= 11 is 0. The van der Waals surface area contributed by atoms with E-state index in [0.29, 0.717) is 22.8 Å². The van der Waals surface area contributed by atoms with Crippen molar-refractivity contribution in [3.8, 4) is 5.75 Å². The Hall–Kier alpha value is -4.33. The number of benzene rings is 2. The van der Waals surface area contributed by atoms with Gasteiger partial charge in [0.1, 0.15) is 17.6 Å². The third kappa shape index (κ3) is 4.39. The Morgan fingerprint density at radius 2 is 1.81 bits per heavy atom. The second-order valence-electron chi connectivity index (χ2n) is 7.05. The van der Waals surface area contributed by atoms with Gasteiger partial charge in [-0.3, -0.25) is 9.59 Å². The molecule has 2 heterocycles. The first-order valence-corrected chi connectivity index (χ1v) is 9.92. The molecular weight excluding hydrogens is 408 g/mol. The van der Waals surface area contributed by atoms with Crippen LogP contribution in [0.4, 0.5) is 5.69 Å². The molecule has 32 heavy (non-hydrogen) atoms. The van der Waals surface area contributed by atoms with Gasteiger partial charge in [-0.1, -0.05) is 18.2 Å². The highest BCUT2D eigenvalue weighted by atomic mass is 16.5. The van der Waals surface area contributed by atoms with Gasteiger partial charge in [-0.05, 0) is 42.5 Å². The van der Waals surface area contributed by atoms with Gasteiger partial charge in [0.2, 0.25) is 0 Å². The maximum atomic E-state index is 13.1. The number of hydrogen-bond acceptors (Lipinski definition) is 5. The second-order valence-corrected chi connectivity index (χ2v) is 7.05. The number of carbonyl (C=O) groups is 2. The van der Waals surface area contributed by atoms with Gasteiger partial charge >= 0.3 is 0 Å². The van der Waals surface area contributed by atoms with Crippen LogP contribution in [-0.4, -0.2) is 28.5 Å². The highest BCUT2D eigenvalue weighted by Gasteiger charge is 2.24. The Labute approximate surface area is 184 Å². The van der Waals surface area contributed by atoms with E-state index in [9.17, 15) is 9.59 Å². The topological polar surface area (TPSA) is 98.4 Å². The van der Waals surface area contributed by atoms with Gasteiger partial charge in [-0.2, -0.15) is 0 Å². The van der Waals surface area contributed by atoms with Crippen LogP contribution in [0, 0.1) is 0 Å². The van der Waals surface area contributed by atoms with Crippen molar-refractivity contribution in [3.63, 3.8) is 0 Å². The predicted molar refractivity (Wildman–Crippen MR) is 119 cm³/mol. The number of anilines is 1. The normalized spacial score (nSPS) is 11.6. The number of nitrogens with one attached hydrogen (secondary N) is 2. The molecule has 2 N–H and O–H groups in total. The van der Waals surface area contributed by atoms with Crippen molar-refractivity contribution in [2.75, 3.05) is 12.4 Å². The number of amides is 2. The van der Waals surface area contributed by atoms with Gasteiger partial charge in [0, 0.05) is 36.3 Å². The highest BCUT2D eigenvalue weighted by Crippen LogP contribution is 2.29.